The van der Waals surface area contributed by atoms with Gasteiger partial charge < -0.3 is 9.88 Å². The first kappa shape index (κ1) is 12.0. The first-order chi connectivity index (χ1) is 8.69. The average molecular weight is 265 g/mol. The number of hydrogen-bond acceptors (Lipinski definition) is 4. The zero-order valence-electron chi connectivity index (χ0n) is 10.9. The summed E-state index contributed by atoms with van der Waals surface area (Å²) in [6.45, 7) is 2.07. The minimum Gasteiger partial charge on any atom is -0.359 e. The van der Waals surface area contributed by atoms with E-state index in [1.807, 2.05) is 23.4 Å². The van der Waals surface area contributed by atoms with Crippen LogP contribution < -0.4 is 5.32 Å². The summed E-state index contributed by atoms with van der Waals surface area (Å²) < 4.78 is 1.93. The molecule has 6 heteroatoms. The number of aryl methyl sites for hydroxylation is 1. The molecule has 2 aliphatic rings. The summed E-state index contributed by atoms with van der Waals surface area (Å²) in [5, 5.41) is 12.7. The summed E-state index contributed by atoms with van der Waals surface area (Å²) in [6, 6.07) is 0.0593. The van der Waals surface area contributed by atoms with Crippen LogP contribution in [0.4, 0.5) is 0 Å². The number of nitrogens with zero attached hydrogens (tertiary/aromatic N) is 4. The van der Waals surface area contributed by atoms with Gasteiger partial charge in [-0.2, -0.15) is 0 Å². The first-order valence-electron chi connectivity index (χ1n) is 6.51. The predicted molar refractivity (Wildman–Crippen MR) is 73.6 cm³/mol. The molecule has 2 fully saturated rings. The molecule has 1 N–H and O–H groups in total. The van der Waals surface area contributed by atoms with Crippen LogP contribution in [-0.4, -0.2) is 31.2 Å². The maximum Gasteiger partial charge on any atom is 0.157 e. The van der Waals surface area contributed by atoms with Gasteiger partial charge in [-0.25, -0.2) is 0 Å². The molecule has 98 valence electrons. The molecular weight excluding hydrogens is 246 g/mol. The quantitative estimate of drug-likeness (QED) is 0.887. The number of aromatic nitrogens is 3. The Morgan fingerprint density at radius 2 is 2.28 bits per heavy atom. The van der Waals surface area contributed by atoms with Crippen LogP contribution in [0.5, 0.6) is 0 Å². The Hall–Kier alpha value is -1.04. The van der Waals surface area contributed by atoms with E-state index in [9.17, 15) is 0 Å². The number of nitrogens with one attached hydrogen (secondary N) is 1. The monoisotopic (exact) mass is 265 g/mol. The van der Waals surface area contributed by atoms with E-state index in [2.05, 4.69) is 22.4 Å². The van der Waals surface area contributed by atoms with Crippen LogP contribution >= 0.6 is 11.8 Å². The topological polar surface area (TPSA) is 55.1 Å². The molecule has 18 heavy (non-hydrogen) atoms. The fourth-order valence-corrected chi connectivity index (χ4v) is 4.10. The third kappa shape index (κ3) is 2.13. The molecule has 1 aliphatic carbocycles. The van der Waals surface area contributed by atoms with E-state index in [1.54, 1.807) is 6.33 Å². The highest BCUT2D eigenvalue weighted by Crippen LogP contribution is 2.37. The molecule has 0 amide bonds. The standard InChI is InChI=1S/C12H19N5S/c1-9(10-16-13-8-17(10)2)14-11-15-12(7-18-11)5-3-4-6-12/h8-9H,3-7H2,1-2H3,(H,14,15). The zero-order valence-corrected chi connectivity index (χ0v) is 11.7. The highest BCUT2D eigenvalue weighted by atomic mass is 32.2. The van der Waals surface area contributed by atoms with Gasteiger partial charge in [-0.15, -0.1) is 10.2 Å². The molecule has 0 bridgehead atoms. The van der Waals surface area contributed by atoms with E-state index >= 15 is 0 Å². The lowest BCUT2D eigenvalue weighted by molar-refractivity contribution is 0.452. The van der Waals surface area contributed by atoms with Crippen LogP contribution in [0.1, 0.15) is 44.5 Å². The van der Waals surface area contributed by atoms with Crippen molar-refractivity contribution >= 4 is 16.9 Å². The van der Waals surface area contributed by atoms with E-state index in [0.717, 1.165) is 16.7 Å². The second-order valence-corrected chi connectivity index (χ2v) is 6.28. The molecule has 1 saturated heterocycles. The van der Waals surface area contributed by atoms with Crippen molar-refractivity contribution in [2.75, 3.05) is 5.75 Å². The Kier molecular flexibility index (Phi) is 3.05. The van der Waals surface area contributed by atoms with Crippen molar-refractivity contribution in [3.63, 3.8) is 0 Å². The lowest BCUT2D eigenvalue weighted by atomic mass is 10.0. The van der Waals surface area contributed by atoms with Crippen molar-refractivity contribution in [3.8, 4) is 0 Å². The van der Waals surface area contributed by atoms with Crippen LogP contribution in [-0.2, 0) is 7.05 Å². The molecule has 3 rings (SSSR count). The Morgan fingerprint density at radius 1 is 1.50 bits per heavy atom. The van der Waals surface area contributed by atoms with Crippen LogP contribution in [0.3, 0.4) is 0 Å². The Balaban J connectivity index is 1.72. The second kappa shape index (κ2) is 4.57. The molecular formula is C12H19N5S. The number of thioether (sulfide) groups is 1. The van der Waals surface area contributed by atoms with Gasteiger partial charge in [0.15, 0.2) is 11.0 Å². The zero-order chi connectivity index (χ0) is 12.6. The summed E-state index contributed by atoms with van der Waals surface area (Å²) in [7, 11) is 1.96. The SMILES string of the molecule is CC(N=C1NC2(CCCC2)CS1)c1nncn1C. The third-order valence-electron chi connectivity index (χ3n) is 3.85. The number of hydrogen-bond donors (Lipinski definition) is 1. The van der Waals surface area contributed by atoms with Crippen molar-refractivity contribution in [1.29, 1.82) is 0 Å². The van der Waals surface area contributed by atoms with Crippen LogP contribution in [0, 0.1) is 0 Å². The Morgan fingerprint density at radius 3 is 2.94 bits per heavy atom. The van der Waals surface area contributed by atoms with Crippen molar-refractivity contribution < 1.29 is 0 Å². The Bertz CT molecular complexity index is 461. The largest absolute Gasteiger partial charge is 0.359 e. The maximum atomic E-state index is 4.74. The van der Waals surface area contributed by atoms with Gasteiger partial charge in [-0.05, 0) is 19.8 Å². The van der Waals surface area contributed by atoms with Crippen molar-refractivity contribution in [2.45, 2.75) is 44.2 Å². The summed E-state index contributed by atoms with van der Waals surface area (Å²) >= 11 is 1.85. The molecule has 1 spiro atoms. The molecule has 1 aromatic heterocycles. The fourth-order valence-electron chi connectivity index (χ4n) is 2.80. The van der Waals surface area contributed by atoms with Gasteiger partial charge in [0.25, 0.3) is 0 Å². The van der Waals surface area contributed by atoms with Crippen LogP contribution in [0.25, 0.3) is 0 Å². The molecule has 1 unspecified atom stereocenters. The van der Waals surface area contributed by atoms with Crippen molar-refractivity contribution in [3.05, 3.63) is 12.2 Å². The van der Waals surface area contributed by atoms with Crippen molar-refractivity contribution in [1.82, 2.24) is 20.1 Å². The van der Waals surface area contributed by atoms with E-state index in [0.29, 0.717) is 5.54 Å². The molecule has 1 aromatic rings. The van der Waals surface area contributed by atoms with E-state index in [4.69, 9.17) is 4.99 Å². The molecule has 5 nitrogen and oxygen atoms in total. The number of rotatable bonds is 2. The summed E-state index contributed by atoms with van der Waals surface area (Å²) in [4.78, 5) is 4.74. The minimum absolute atomic E-state index is 0.0593. The van der Waals surface area contributed by atoms with E-state index in [-0.39, 0.29) is 6.04 Å². The molecule has 1 atom stereocenters. The van der Waals surface area contributed by atoms with Gasteiger partial charge >= 0.3 is 0 Å². The second-order valence-electron chi connectivity index (χ2n) is 5.31. The van der Waals surface area contributed by atoms with Gasteiger partial charge in [0.05, 0.1) is 0 Å². The van der Waals surface area contributed by atoms with Gasteiger partial charge in [0.1, 0.15) is 12.4 Å². The van der Waals surface area contributed by atoms with Gasteiger partial charge in [0, 0.05) is 18.3 Å². The van der Waals surface area contributed by atoms with Crippen LogP contribution in [0.2, 0.25) is 0 Å². The minimum atomic E-state index is 0.0593. The lowest BCUT2D eigenvalue weighted by Crippen LogP contribution is -2.40. The van der Waals surface area contributed by atoms with Gasteiger partial charge in [-0.3, -0.25) is 4.99 Å². The highest BCUT2D eigenvalue weighted by molar-refractivity contribution is 8.14. The lowest BCUT2D eigenvalue weighted by Gasteiger charge is -2.22. The summed E-state index contributed by atoms with van der Waals surface area (Å²) in [5.74, 6) is 2.08. The Labute approximate surface area is 111 Å². The molecule has 2 heterocycles. The normalized spacial score (nSPS) is 25.8. The summed E-state index contributed by atoms with van der Waals surface area (Å²) in [5.41, 5.74) is 0.336. The highest BCUT2D eigenvalue weighted by Gasteiger charge is 2.39. The molecule has 1 saturated carbocycles. The van der Waals surface area contributed by atoms with E-state index < -0.39 is 0 Å². The average Bonchev–Trinajstić information content (AvgIpc) is 3.03. The van der Waals surface area contributed by atoms with Crippen LogP contribution in [0.15, 0.2) is 11.3 Å². The maximum absolute atomic E-state index is 4.74. The van der Waals surface area contributed by atoms with Gasteiger partial charge in [0.2, 0.25) is 0 Å². The van der Waals surface area contributed by atoms with Gasteiger partial charge in [-0.1, -0.05) is 24.6 Å². The predicted octanol–water partition coefficient (Wildman–Crippen LogP) is 1.88. The fraction of sp³-hybridized carbons (Fsp3) is 0.750. The number of amidine groups is 1. The van der Waals surface area contributed by atoms with Crippen molar-refractivity contribution in [2.24, 2.45) is 12.0 Å². The molecule has 1 aliphatic heterocycles. The third-order valence-corrected chi connectivity index (χ3v) is 5.03. The number of aliphatic imine (C=N–C) groups is 1. The smallest absolute Gasteiger partial charge is 0.157 e. The summed E-state index contributed by atoms with van der Waals surface area (Å²) in [6.07, 6.45) is 6.99. The molecule has 0 aromatic carbocycles. The molecule has 0 radical (unpaired) electrons. The van der Waals surface area contributed by atoms with E-state index in [1.165, 1.54) is 25.7 Å². The first-order valence-corrected chi connectivity index (χ1v) is 7.50.